The third-order valence-corrected chi connectivity index (χ3v) is 25.4. The molecule has 10 atom stereocenters. The van der Waals surface area contributed by atoms with Gasteiger partial charge in [-0.1, -0.05) is 94.4 Å². The number of carbonyl (C=O) groups excluding carboxylic acids is 5. The van der Waals surface area contributed by atoms with Gasteiger partial charge in [-0.05, 0) is 86.1 Å². The predicted molar refractivity (Wildman–Crippen MR) is 245 cm³/mol. The van der Waals surface area contributed by atoms with Crippen LogP contribution in [0.1, 0.15) is 127 Å². The Hall–Kier alpha value is -3.02. The topological polar surface area (TPSA) is 161 Å². The summed E-state index contributed by atoms with van der Waals surface area (Å²) >= 11 is 0. The molecule has 1 aromatic carbocycles. The van der Waals surface area contributed by atoms with E-state index in [1.165, 1.54) is 6.92 Å². The predicted octanol–water partition coefficient (Wildman–Crippen LogP) is 8.94. The Labute approximate surface area is 378 Å². The van der Waals surface area contributed by atoms with Gasteiger partial charge in [-0.25, -0.2) is 9.59 Å². The summed E-state index contributed by atoms with van der Waals surface area (Å²) in [6.45, 7) is 26.4. The number of ketones is 2. The lowest BCUT2D eigenvalue weighted by molar-refractivity contribution is -0.342. The maximum Gasteiger partial charge on any atom is 0.338 e. The number of carbonyl (C=O) groups is 5. The van der Waals surface area contributed by atoms with Gasteiger partial charge < -0.3 is 32.9 Å². The summed E-state index contributed by atoms with van der Waals surface area (Å²) < 4.78 is 39.9. The van der Waals surface area contributed by atoms with Gasteiger partial charge in [0.25, 0.3) is 0 Å². The van der Waals surface area contributed by atoms with Gasteiger partial charge >= 0.3 is 17.9 Å². The highest BCUT2D eigenvalue weighted by Gasteiger charge is 2.78. The van der Waals surface area contributed by atoms with Gasteiger partial charge in [0.2, 0.25) is 11.6 Å². The van der Waals surface area contributed by atoms with E-state index in [9.17, 15) is 19.5 Å². The van der Waals surface area contributed by atoms with E-state index >= 15 is 9.59 Å². The fourth-order valence-electron chi connectivity index (χ4n) is 11.8. The number of ether oxygens (including phenoxy) is 4. The molecule has 1 aliphatic heterocycles. The third kappa shape index (κ3) is 8.75. The fraction of sp³-hybridized carbons (Fsp3) is 0.735. The molecule has 1 aromatic rings. The van der Waals surface area contributed by atoms with Gasteiger partial charge in [0.15, 0.2) is 22.2 Å². The standard InChI is InChI=1S/C49H76O12Si2/c1-15-62(16-2,17-3)60-36-27-37-48(29-56-37,59-33(11)50)41-43(58-44(53)34-24-22-21-23-25-34)49(55)28-35(32(10)38(46(49,12)13)39(51)42(52)47(36,41)14)57-45(54)40(31(9)26-30(7)8)61-63(18-4,19-5)20-6/h21-25,30-31,35-37,40-41,43,55H,15-20,26-29H2,1-14H3/t31-,35-,36-,37+,40?,41-,43-,47+,48-,49+/m0/s1. The lowest BCUT2D eigenvalue weighted by Gasteiger charge is -2.67. The number of aliphatic hydroxyl groups is 1. The van der Waals surface area contributed by atoms with Crippen molar-refractivity contribution in [2.24, 2.45) is 28.6 Å². The van der Waals surface area contributed by atoms with Crippen LogP contribution >= 0.6 is 0 Å². The van der Waals surface area contributed by atoms with E-state index in [0.717, 1.165) is 36.3 Å². The van der Waals surface area contributed by atoms with Crippen molar-refractivity contribution in [1.29, 1.82) is 0 Å². The quantitative estimate of drug-likeness (QED) is 0.0646. The van der Waals surface area contributed by atoms with E-state index < -0.39 is 105 Å². The minimum Gasteiger partial charge on any atom is -0.456 e. The van der Waals surface area contributed by atoms with E-state index in [0.29, 0.717) is 12.0 Å². The van der Waals surface area contributed by atoms with Crippen LogP contribution in [0, 0.1) is 28.6 Å². The molecule has 2 bridgehead atoms. The van der Waals surface area contributed by atoms with Crippen molar-refractivity contribution in [2.45, 2.75) is 194 Å². The molecule has 63 heavy (non-hydrogen) atoms. The number of rotatable bonds is 18. The first-order valence-corrected chi connectivity index (χ1v) is 28.7. The molecular weight excluding hydrogens is 837 g/mol. The summed E-state index contributed by atoms with van der Waals surface area (Å²) in [5.74, 6) is -5.04. The Kier molecular flexibility index (Phi) is 15.4. The number of hydrogen-bond acceptors (Lipinski definition) is 12. The largest absolute Gasteiger partial charge is 0.456 e. The van der Waals surface area contributed by atoms with E-state index in [1.807, 2.05) is 6.92 Å². The van der Waals surface area contributed by atoms with Crippen molar-refractivity contribution in [3.8, 4) is 0 Å². The van der Waals surface area contributed by atoms with Crippen LogP contribution in [0.2, 0.25) is 36.3 Å². The molecule has 1 N–H and O–H groups in total. The Bertz CT molecular complexity index is 1890. The van der Waals surface area contributed by atoms with Crippen molar-refractivity contribution in [3.63, 3.8) is 0 Å². The number of hydrogen-bond donors (Lipinski definition) is 1. The molecule has 1 unspecified atom stereocenters. The molecule has 0 aromatic heterocycles. The van der Waals surface area contributed by atoms with E-state index in [4.69, 9.17) is 27.8 Å². The summed E-state index contributed by atoms with van der Waals surface area (Å²) in [6.07, 6.45) is -5.02. The molecule has 1 heterocycles. The third-order valence-electron chi connectivity index (χ3n) is 16.2. The Morgan fingerprint density at radius 3 is 1.94 bits per heavy atom. The summed E-state index contributed by atoms with van der Waals surface area (Å²) in [5.41, 5.74) is -6.69. The van der Waals surface area contributed by atoms with Gasteiger partial charge in [0.05, 0.1) is 29.6 Å². The van der Waals surface area contributed by atoms with E-state index in [1.54, 1.807) is 58.0 Å². The highest BCUT2D eigenvalue weighted by atomic mass is 28.4. The lowest BCUT2D eigenvalue weighted by Crippen LogP contribution is -2.82. The Balaban J connectivity index is 1.80. The minimum absolute atomic E-state index is 0.0103. The molecule has 4 aliphatic rings. The summed E-state index contributed by atoms with van der Waals surface area (Å²) in [5, 5.41) is 13.9. The van der Waals surface area contributed by atoms with Gasteiger partial charge in [-0.2, -0.15) is 0 Å². The lowest BCUT2D eigenvalue weighted by atomic mass is 9.45. The smallest absolute Gasteiger partial charge is 0.338 e. The molecule has 3 fully saturated rings. The monoisotopic (exact) mass is 912 g/mol. The van der Waals surface area contributed by atoms with Crippen molar-refractivity contribution in [1.82, 2.24) is 0 Å². The first kappa shape index (κ1) is 51.0. The van der Waals surface area contributed by atoms with Crippen molar-refractivity contribution in [3.05, 3.63) is 47.0 Å². The second kappa shape index (κ2) is 19.1. The molecule has 0 spiro atoms. The summed E-state index contributed by atoms with van der Waals surface area (Å²) in [6, 6.07) is 13.0. The van der Waals surface area contributed by atoms with Gasteiger partial charge in [0.1, 0.15) is 30.0 Å². The van der Waals surface area contributed by atoms with Crippen LogP contribution < -0.4 is 0 Å². The normalized spacial score (nSPS) is 31.5. The number of esters is 3. The second-order valence-corrected chi connectivity index (χ2v) is 29.6. The zero-order chi connectivity index (χ0) is 47.1. The van der Waals surface area contributed by atoms with Gasteiger partial charge in [-0.15, -0.1) is 0 Å². The molecule has 14 heteroatoms. The SMILES string of the molecule is CC[Si](CC)(CC)OC(C(=O)O[C@H]1C[C@@]2(O)[C@@H](OC(=O)c3ccccc3)[C@@H]3[C@]4(OC(C)=O)CO[C@@H]4C[C@H](O[Si](CC)(CC)CC)[C@@]3(C)C(=O)C(=O)C(=C1C)C2(C)C)[C@@H](C)CC(C)C. The minimum atomic E-state index is -2.55. The molecule has 12 nitrogen and oxygen atoms in total. The zero-order valence-electron chi connectivity index (χ0n) is 40.5. The first-order chi connectivity index (χ1) is 29.5. The van der Waals surface area contributed by atoms with Crippen molar-refractivity contribution < 1.29 is 56.9 Å². The average Bonchev–Trinajstić information content (AvgIpc) is 3.24. The Morgan fingerprint density at radius 1 is 0.873 bits per heavy atom. The Morgan fingerprint density at radius 2 is 1.44 bits per heavy atom. The number of Topliss-reactive ketones (excluding diaryl/α,β-unsaturated/α-hetero) is 2. The van der Waals surface area contributed by atoms with Crippen LogP contribution in [-0.2, 0) is 47.0 Å². The first-order valence-electron chi connectivity index (χ1n) is 23.6. The van der Waals surface area contributed by atoms with E-state index in [2.05, 4.69) is 55.4 Å². The van der Waals surface area contributed by atoms with Crippen molar-refractivity contribution >= 4 is 46.1 Å². The highest BCUT2D eigenvalue weighted by Crippen LogP contribution is 2.64. The molecule has 0 amide bonds. The molecule has 5 rings (SSSR count). The van der Waals surface area contributed by atoms with Crippen LogP contribution in [0.25, 0.3) is 0 Å². The fourth-order valence-corrected chi connectivity index (χ4v) is 17.6. The van der Waals surface area contributed by atoms with Crippen LogP contribution in [0.15, 0.2) is 41.5 Å². The highest BCUT2D eigenvalue weighted by molar-refractivity contribution is 6.74. The summed E-state index contributed by atoms with van der Waals surface area (Å²) in [7, 11) is -4.92. The maximum atomic E-state index is 15.8. The van der Waals surface area contributed by atoms with E-state index in [-0.39, 0.29) is 42.4 Å². The van der Waals surface area contributed by atoms with Crippen molar-refractivity contribution in [2.75, 3.05) is 6.61 Å². The second-order valence-electron chi connectivity index (χ2n) is 20.2. The van der Waals surface area contributed by atoms with Crippen LogP contribution in [0.3, 0.4) is 0 Å². The zero-order valence-corrected chi connectivity index (χ0v) is 42.5. The molecule has 3 aliphatic carbocycles. The molecule has 352 valence electrons. The van der Waals surface area contributed by atoms with Gasteiger partial charge in [-0.3, -0.25) is 14.4 Å². The molecule has 0 radical (unpaired) electrons. The van der Waals surface area contributed by atoms with Crippen LogP contribution in [0.5, 0.6) is 0 Å². The average molecular weight is 913 g/mol. The summed E-state index contributed by atoms with van der Waals surface area (Å²) in [4.78, 5) is 73.9. The molecular formula is C49H76O12Si2. The van der Waals surface area contributed by atoms with Gasteiger partial charge in [0, 0.05) is 30.8 Å². The number of benzene rings is 1. The molecule has 2 saturated carbocycles. The van der Waals surface area contributed by atoms with Crippen LogP contribution in [0.4, 0.5) is 0 Å². The number of fused-ring (bicyclic) bond motifs is 5. The maximum absolute atomic E-state index is 15.8. The molecule has 1 saturated heterocycles. The van der Waals surface area contributed by atoms with Crippen LogP contribution in [-0.4, -0.2) is 99.5 Å².